The second-order valence-electron chi connectivity index (χ2n) is 7.38. The van der Waals surface area contributed by atoms with Gasteiger partial charge in [0.15, 0.2) is 6.10 Å². The van der Waals surface area contributed by atoms with Crippen molar-refractivity contribution in [2.24, 2.45) is 0 Å². The molecule has 1 amide bonds. The number of halogens is 4. The second kappa shape index (κ2) is 10.1. The molecule has 1 heterocycles. The third kappa shape index (κ3) is 6.77. The van der Waals surface area contributed by atoms with E-state index in [4.69, 9.17) is 21.1 Å². The third-order valence-electron chi connectivity index (χ3n) is 4.71. The molecular weight excluding hydrogens is 485 g/mol. The van der Waals surface area contributed by atoms with Crippen LogP contribution in [0.4, 0.5) is 18.9 Å². The lowest BCUT2D eigenvalue weighted by Crippen LogP contribution is -2.30. The van der Waals surface area contributed by atoms with Gasteiger partial charge in [0.2, 0.25) is 5.88 Å². The van der Waals surface area contributed by atoms with Crippen LogP contribution in [0.15, 0.2) is 78.9 Å². The zero-order valence-electron chi connectivity index (χ0n) is 18.2. The van der Waals surface area contributed by atoms with E-state index in [1.165, 1.54) is 12.1 Å². The van der Waals surface area contributed by atoms with Crippen molar-refractivity contribution in [1.82, 2.24) is 4.98 Å². The molecular formula is C25H18ClF3N2O4. The number of alkyl halides is 3. The molecule has 4 rings (SSSR count). The summed E-state index contributed by atoms with van der Waals surface area (Å²) in [4.78, 5) is 16.8. The Morgan fingerprint density at radius 1 is 0.914 bits per heavy atom. The van der Waals surface area contributed by atoms with Crippen LogP contribution in [0.3, 0.4) is 0 Å². The Hall–Kier alpha value is -3.98. The number of fused-ring (bicyclic) bond motifs is 1. The largest absolute Gasteiger partial charge is 0.573 e. The summed E-state index contributed by atoms with van der Waals surface area (Å²) in [6.45, 7) is 1.55. The predicted molar refractivity (Wildman–Crippen MR) is 125 cm³/mol. The van der Waals surface area contributed by atoms with Gasteiger partial charge in [-0.3, -0.25) is 4.79 Å². The van der Waals surface area contributed by atoms with Crippen LogP contribution in [-0.4, -0.2) is 23.4 Å². The molecule has 0 bridgehead atoms. The summed E-state index contributed by atoms with van der Waals surface area (Å²) in [5.41, 5.74) is 1.04. The maximum absolute atomic E-state index is 12.4. The van der Waals surface area contributed by atoms with Gasteiger partial charge in [0.1, 0.15) is 17.2 Å². The Morgan fingerprint density at radius 2 is 1.57 bits per heavy atom. The molecule has 4 aromatic rings. The van der Waals surface area contributed by atoms with E-state index in [-0.39, 0.29) is 5.75 Å². The van der Waals surface area contributed by atoms with Crippen LogP contribution in [0.25, 0.3) is 10.9 Å². The summed E-state index contributed by atoms with van der Waals surface area (Å²) in [5, 5.41) is 4.09. The van der Waals surface area contributed by atoms with Crippen molar-refractivity contribution < 1.29 is 32.2 Å². The number of hydrogen-bond donors (Lipinski definition) is 1. The fourth-order valence-electron chi connectivity index (χ4n) is 3.08. The van der Waals surface area contributed by atoms with Gasteiger partial charge >= 0.3 is 6.36 Å². The van der Waals surface area contributed by atoms with Crippen LogP contribution in [-0.2, 0) is 4.79 Å². The van der Waals surface area contributed by atoms with Gasteiger partial charge in [-0.05, 0) is 79.7 Å². The first kappa shape index (κ1) is 24.2. The summed E-state index contributed by atoms with van der Waals surface area (Å²) >= 11 is 5.99. The van der Waals surface area contributed by atoms with Crippen molar-refractivity contribution in [3.05, 3.63) is 83.9 Å². The number of nitrogens with zero attached hydrogens (tertiary/aromatic N) is 1. The van der Waals surface area contributed by atoms with Gasteiger partial charge in [0.25, 0.3) is 5.91 Å². The van der Waals surface area contributed by atoms with Gasteiger partial charge in [0.05, 0.1) is 5.52 Å². The summed E-state index contributed by atoms with van der Waals surface area (Å²) in [7, 11) is 0. The van der Waals surface area contributed by atoms with Crippen LogP contribution in [0.2, 0.25) is 5.02 Å². The van der Waals surface area contributed by atoms with E-state index >= 15 is 0 Å². The average molecular weight is 503 g/mol. The van der Waals surface area contributed by atoms with E-state index in [9.17, 15) is 18.0 Å². The minimum atomic E-state index is -4.78. The minimum Gasteiger partial charge on any atom is -0.481 e. The molecule has 0 spiro atoms. The number of carbonyl (C=O) groups is 1. The van der Waals surface area contributed by atoms with Crippen molar-refractivity contribution in [2.45, 2.75) is 19.4 Å². The van der Waals surface area contributed by atoms with Crippen LogP contribution in [0, 0.1) is 0 Å². The highest BCUT2D eigenvalue weighted by Crippen LogP contribution is 2.27. The third-order valence-corrected chi connectivity index (χ3v) is 4.94. The topological polar surface area (TPSA) is 69.7 Å². The van der Waals surface area contributed by atoms with E-state index in [0.717, 1.165) is 23.0 Å². The quantitative estimate of drug-likeness (QED) is 0.295. The molecule has 0 radical (unpaired) electrons. The van der Waals surface area contributed by atoms with Gasteiger partial charge in [-0.25, -0.2) is 4.98 Å². The fourth-order valence-corrected chi connectivity index (χ4v) is 3.26. The van der Waals surface area contributed by atoms with E-state index in [1.807, 2.05) is 12.1 Å². The SMILES string of the molecule is CC(Oc1ccc(Oc2ccc3cc(Cl)ccc3n2)cc1)C(=O)Nc1ccc(OC(F)(F)F)cc1. The Labute approximate surface area is 203 Å². The standard InChI is InChI=1S/C25H18ClF3N2O4/c1-15(24(32)30-18-4-6-21(7-5-18)35-25(27,28)29)33-19-8-10-20(11-9-19)34-23-13-2-16-14-17(26)3-12-22(16)31-23/h2-15H,1H3,(H,30,32). The number of hydrogen-bond acceptors (Lipinski definition) is 5. The molecule has 1 aromatic heterocycles. The fraction of sp³-hybridized carbons (Fsp3) is 0.120. The van der Waals surface area contributed by atoms with Crippen molar-refractivity contribution >= 4 is 34.1 Å². The summed E-state index contributed by atoms with van der Waals surface area (Å²) in [6, 6.07) is 20.4. The summed E-state index contributed by atoms with van der Waals surface area (Å²) in [5.74, 6) is 0.500. The lowest BCUT2D eigenvalue weighted by Gasteiger charge is -2.15. The van der Waals surface area contributed by atoms with Gasteiger partial charge in [0, 0.05) is 22.2 Å². The number of nitrogens with one attached hydrogen (secondary N) is 1. The lowest BCUT2D eigenvalue weighted by molar-refractivity contribution is -0.274. The Balaban J connectivity index is 1.32. The molecule has 6 nitrogen and oxygen atoms in total. The Kier molecular flexibility index (Phi) is 6.97. The number of aromatic nitrogens is 1. The number of carbonyl (C=O) groups excluding carboxylic acids is 1. The Bertz CT molecular complexity index is 1330. The Morgan fingerprint density at radius 3 is 2.26 bits per heavy atom. The first-order chi connectivity index (χ1) is 16.6. The molecule has 180 valence electrons. The normalized spacial score (nSPS) is 12.1. The molecule has 1 unspecified atom stereocenters. The summed E-state index contributed by atoms with van der Waals surface area (Å²) in [6.07, 6.45) is -5.66. The number of ether oxygens (including phenoxy) is 3. The number of rotatable bonds is 7. The predicted octanol–water partition coefficient (Wildman–Crippen LogP) is 6.99. The van der Waals surface area contributed by atoms with Gasteiger partial charge in [-0.2, -0.15) is 0 Å². The maximum atomic E-state index is 12.4. The van der Waals surface area contributed by atoms with Crippen molar-refractivity contribution in [3.63, 3.8) is 0 Å². The van der Waals surface area contributed by atoms with E-state index < -0.39 is 18.4 Å². The van der Waals surface area contributed by atoms with E-state index in [2.05, 4.69) is 15.0 Å². The first-order valence-electron chi connectivity index (χ1n) is 10.3. The van der Waals surface area contributed by atoms with E-state index in [0.29, 0.717) is 28.1 Å². The van der Waals surface area contributed by atoms with Gasteiger partial charge in [-0.15, -0.1) is 13.2 Å². The lowest BCUT2D eigenvalue weighted by atomic mass is 10.2. The molecule has 0 aliphatic heterocycles. The zero-order valence-corrected chi connectivity index (χ0v) is 18.9. The molecule has 0 aliphatic rings. The molecule has 1 N–H and O–H groups in total. The van der Waals surface area contributed by atoms with Crippen LogP contribution < -0.4 is 19.5 Å². The average Bonchev–Trinajstić information content (AvgIpc) is 2.81. The van der Waals surface area contributed by atoms with Gasteiger partial charge in [-0.1, -0.05) is 11.6 Å². The van der Waals surface area contributed by atoms with E-state index in [1.54, 1.807) is 49.4 Å². The molecule has 35 heavy (non-hydrogen) atoms. The van der Waals surface area contributed by atoms with Crippen molar-refractivity contribution in [1.29, 1.82) is 0 Å². The van der Waals surface area contributed by atoms with Crippen LogP contribution in [0.5, 0.6) is 23.1 Å². The smallest absolute Gasteiger partial charge is 0.481 e. The number of amides is 1. The maximum Gasteiger partial charge on any atom is 0.573 e. The molecule has 0 fully saturated rings. The monoisotopic (exact) mass is 502 g/mol. The van der Waals surface area contributed by atoms with Crippen LogP contribution in [0.1, 0.15) is 6.92 Å². The van der Waals surface area contributed by atoms with Crippen molar-refractivity contribution in [2.75, 3.05) is 5.32 Å². The second-order valence-corrected chi connectivity index (χ2v) is 7.82. The molecule has 1 atom stereocenters. The van der Waals surface area contributed by atoms with Gasteiger partial charge < -0.3 is 19.5 Å². The zero-order chi connectivity index (χ0) is 25.0. The minimum absolute atomic E-state index is 0.300. The highest BCUT2D eigenvalue weighted by atomic mass is 35.5. The molecule has 3 aromatic carbocycles. The first-order valence-corrected chi connectivity index (χ1v) is 10.7. The van der Waals surface area contributed by atoms with Crippen molar-refractivity contribution in [3.8, 4) is 23.1 Å². The molecule has 10 heteroatoms. The number of pyridine rings is 1. The number of benzene rings is 3. The van der Waals surface area contributed by atoms with Crippen LogP contribution >= 0.6 is 11.6 Å². The highest BCUT2D eigenvalue weighted by molar-refractivity contribution is 6.31. The summed E-state index contributed by atoms with van der Waals surface area (Å²) < 4.78 is 52.0. The molecule has 0 saturated carbocycles. The molecule has 0 aliphatic carbocycles. The molecule has 0 saturated heterocycles. The highest BCUT2D eigenvalue weighted by Gasteiger charge is 2.31. The number of anilines is 1.